The molecule has 0 aliphatic rings. The molecule has 0 saturated carbocycles. The third-order valence-corrected chi connectivity index (χ3v) is 5.39. The van der Waals surface area contributed by atoms with E-state index in [0.29, 0.717) is 6.54 Å². The second kappa shape index (κ2) is 8.10. The Hall–Kier alpha value is -1.15. The van der Waals surface area contributed by atoms with Crippen molar-refractivity contribution in [2.45, 2.75) is 26.5 Å². The maximum Gasteiger partial charge on any atom is 0.360 e. The SMILES string of the molecule is CC(C)[C@H](OC(=O)c1nsc(Cl)c1Cl)C(=O)NCc1cccs1. The molecule has 2 aromatic rings. The summed E-state index contributed by atoms with van der Waals surface area (Å²) in [5.41, 5.74) is -0.0710. The van der Waals surface area contributed by atoms with Gasteiger partial charge in [-0.15, -0.1) is 11.3 Å². The van der Waals surface area contributed by atoms with Crippen LogP contribution in [0.3, 0.4) is 0 Å². The van der Waals surface area contributed by atoms with Crippen molar-refractivity contribution in [2.24, 2.45) is 5.92 Å². The lowest BCUT2D eigenvalue weighted by Gasteiger charge is -2.20. The van der Waals surface area contributed by atoms with Crippen LogP contribution in [0.2, 0.25) is 9.36 Å². The van der Waals surface area contributed by atoms with Crippen LogP contribution in [0, 0.1) is 5.92 Å². The van der Waals surface area contributed by atoms with E-state index in [2.05, 4.69) is 9.69 Å². The fraction of sp³-hybridized carbons (Fsp3) is 0.357. The van der Waals surface area contributed by atoms with E-state index in [1.165, 1.54) is 11.3 Å². The second-order valence-corrected chi connectivity index (χ2v) is 7.77. The van der Waals surface area contributed by atoms with E-state index < -0.39 is 12.1 Å². The number of thiophene rings is 1. The highest BCUT2D eigenvalue weighted by Crippen LogP contribution is 2.30. The number of esters is 1. The minimum absolute atomic E-state index is 0.0446. The average Bonchev–Trinajstić information content (AvgIpc) is 3.13. The first-order valence-electron chi connectivity index (χ1n) is 6.72. The summed E-state index contributed by atoms with van der Waals surface area (Å²) in [6.45, 7) is 3.97. The van der Waals surface area contributed by atoms with Gasteiger partial charge in [0.15, 0.2) is 11.8 Å². The molecule has 1 N–H and O–H groups in total. The third kappa shape index (κ3) is 4.67. The van der Waals surface area contributed by atoms with Gasteiger partial charge in [0.05, 0.1) is 6.54 Å². The Kier molecular flexibility index (Phi) is 6.41. The number of carbonyl (C=O) groups is 2. The second-order valence-electron chi connectivity index (χ2n) is 4.99. The summed E-state index contributed by atoms with van der Waals surface area (Å²) in [6.07, 6.45) is -0.931. The Morgan fingerprint density at radius 1 is 1.39 bits per heavy atom. The molecule has 0 fully saturated rings. The van der Waals surface area contributed by atoms with Gasteiger partial charge < -0.3 is 10.1 Å². The van der Waals surface area contributed by atoms with Crippen molar-refractivity contribution in [3.05, 3.63) is 37.4 Å². The normalized spacial score (nSPS) is 12.2. The minimum Gasteiger partial charge on any atom is -0.447 e. The van der Waals surface area contributed by atoms with Crippen molar-refractivity contribution in [3.8, 4) is 0 Å². The van der Waals surface area contributed by atoms with Crippen molar-refractivity contribution in [3.63, 3.8) is 0 Å². The molecule has 0 unspecified atom stereocenters. The lowest BCUT2D eigenvalue weighted by Crippen LogP contribution is -2.40. The van der Waals surface area contributed by atoms with E-state index >= 15 is 0 Å². The molecular weight excluding hydrogens is 379 g/mol. The summed E-state index contributed by atoms with van der Waals surface area (Å²) in [4.78, 5) is 25.4. The summed E-state index contributed by atoms with van der Waals surface area (Å²) in [5, 5.41) is 4.73. The largest absolute Gasteiger partial charge is 0.447 e. The molecule has 2 rings (SSSR count). The molecular formula is C14H14Cl2N2O3S2. The Labute approximate surface area is 151 Å². The van der Waals surface area contributed by atoms with Gasteiger partial charge in [-0.1, -0.05) is 43.1 Å². The van der Waals surface area contributed by atoms with Gasteiger partial charge in [0.1, 0.15) is 9.36 Å². The van der Waals surface area contributed by atoms with E-state index in [1.807, 2.05) is 17.5 Å². The fourth-order valence-corrected chi connectivity index (χ4v) is 3.36. The molecule has 2 aromatic heterocycles. The molecule has 23 heavy (non-hydrogen) atoms. The lowest BCUT2D eigenvalue weighted by molar-refractivity contribution is -0.132. The van der Waals surface area contributed by atoms with Crippen LogP contribution in [0.25, 0.3) is 0 Å². The molecule has 0 bridgehead atoms. The Morgan fingerprint density at radius 2 is 2.13 bits per heavy atom. The number of halogens is 2. The Morgan fingerprint density at radius 3 is 2.65 bits per heavy atom. The predicted octanol–water partition coefficient (Wildman–Crippen LogP) is 4.01. The Balaban J connectivity index is 2.01. The molecule has 5 nitrogen and oxygen atoms in total. The smallest absolute Gasteiger partial charge is 0.360 e. The zero-order chi connectivity index (χ0) is 17.0. The van der Waals surface area contributed by atoms with Crippen molar-refractivity contribution in [1.29, 1.82) is 0 Å². The van der Waals surface area contributed by atoms with Crippen LogP contribution >= 0.6 is 46.1 Å². The number of ether oxygens (including phenoxy) is 1. The predicted molar refractivity (Wildman–Crippen MR) is 92.3 cm³/mol. The number of aromatic nitrogens is 1. The zero-order valence-electron chi connectivity index (χ0n) is 12.3. The lowest BCUT2D eigenvalue weighted by atomic mass is 10.1. The van der Waals surface area contributed by atoms with Gasteiger partial charge in [0.2, 0.25) is 0 Å². The van der Waals surface area contributed by atoms with E-state index in [9.17, 15) is 9.59 Å². The molecule has 0 saturated heterocycles. The average molecular weight is 393 g/mol. The molecule has 2 heterocycles. The summed E-state index contributed by atoms with van der Waals surface area (Å²) < 4.78 is 9.33. The minimum atomic E-state index is -0.931. The number of amides is 1. The molecule has 124 valence electrons. The van der Waals surface area contributed by atoms with Crippen molar-refractivity contribution < 1.29 is 14.3 Å². The summed E-state index contributed by atoms with van der Waals surface area (Å²) >= 11 is 14.1. The summed E-state index contributed by atoms with van der Waals surface area (Å²) in [7, 11) is 0. The van der Waals surface area contributed by atoms with Gasteiger partial charge in [-0.25, -0.2) is 4.79 Å². The van der Waals surface area contributed by atoms with Crippen LogP contribution in [0.15, 0.2) is 17.5 Å². The van der Waals surface area contributed by atoms with Gasteiger partial charge in [-0.2, -0.15) is 4.37 Å². The summed E-state index contributed by atoms with van der Waals surface area (Å²) in [6, 6.07) is 3.82. The quantitative estimate of drug-likeness (QED) is 0.753. The van der Waals surface area contributed by atoms with E-state index in [1.54, 1.807) is 13.8 Å². The first-order chi connectivity index (χ1) is 10.9. The number of nitrogens with one attached hydrogen (secondary N) is 1. The molecule has 9 heteroatoms. The molecule has 0 radical (unpaired) electrons. The van der Waals surface area contributed by atoms with Crippen molar-refractivity contribution in [2.75, 3.05) is 0 Å². The maximum absolute atomic E-state index is 12.3. The molecule has 0 aliphatic carbocycles. The van der Waals surface area contributed by atoms with Crippen LogP contribution in [-0.2, 0) is 16.1 Å². The highest BCUT2D eigenvalue weighted by Gasteiger charge is 2.29. The third-order valence-electron chi connectivity index (χ3n) is 2.91. The van der Waals surface area contributed by atoms with Gasteiger partial charge in [-0.3, -0.25) is 4.79 Å². The number of nitrogens with zero attached hydrogens (tertiary/aromatic N) is 1. The van der Waals surface area contributed by atoms with Gasteiger partial charge >= 0.3 is 5.97 Å². The topological polar surface area (TPSA) is 68.3 Å². The Bertz CT molecular complexity index is 686. The van der Waals surface area contributed by atoms with Gasteiger partial charge in [0, 0.05) is 4.88 Å². The van der Waals surface area contributed by atoms with Crippen LogP contribution < -0.4 is 5.32 Å². The number of carbonyl (C=O) groups excluding carboxylic acids is 2. The first kappa shape index (κ1) is 18.2. The molecule has 1 atom stereocenters. The standard InChI is InChI=1S/C14H14Cl2N2O3S2/c1-7(2)11(13(19)17-6-8-4-3-5-22-8)21-14(20)10-9(15)12(16)23-18-10/h3-5,7,11H,6H2,1-2H3,(H,17,19)/t11-/m0/s1. The van der Waals surface area contributed by atoms with Gasteiger partial charge in [0.25, 0.3) is 5.91 Å². The van der Waals surface area contributed by atoms with Crippen LogP contribution in [0.4, 0.5) is 0 Å². The number of hydrogen-bond acceptors (Lipinski definition) is 6. The summed E-state index contributed by atoms with van der Waals surface area (Å²) in [5.74, 6) is -1.32. The van der Waals surface area contributed by atoms with Crippen LogP contribution in [-0.4, -0.2) is 22.4 Å². The molecule has 0 aliphatic heterocycles. The molecule has 0 aromatic carbocycles. The van der Waals surface area contributed by atoms with E-state index in [0.717, 1.165) is 16.4 Å². The first-order valence-corrected chi connectivity index (χ1v) is 9.12. The number of hydrogen-bond donors (Lipinski definition) is 1. The van der Waals surface area contributed by atoms with Crippen LogP contribution in [0.5, 0.6) is 0 Å². The monoisotopic (exact) mass is 392 g/mol. The van der Waals surface area contributed by atoms with Crippen molar-refractivity contribution in [1.82, 2.24) is 9.69 Å². The van der Waals surface area contributed by atoms with E-state index in [4.69, 9.17) is 27.9 Å². The highest BCUT2D eigenvalue weighted by molar-refractivity contribution is 7.11. The molecule has 1 amide bonds. The molecule has 0 spiro atoms. The highest BCUT2D eigenvalue weighted by atomic mass is 35.5. The number of rotatable bonds is 6. The van der Waals surface area contributed by atoms with E-state index in [-0.39, 0.29) is 26.9 Å². The zero-order valence-corrected chi connectivity index (χ0v) is 15.5. The van der Waals surface area contributed by atoms with Crippen LogP contribution in [0.1, 0.15) is 29.2 Å². The maximum atomic E-state index is 12.3. The van der Waals surface area contributed by atoms with Crippen molar-refractivity contribution >= 4 is 57.9 Å². The fourth-order valence-electron chi connectivity index (χ4n) is 1.74. The van der Waals surface area contributed by atoms with Gasteiger partial charge in [-0.05, 0) is 28.9 Å².